The van der Waals surface area contributed by atoms with E-state index in [0.717, 1.165) is 19.3 Å². The minimum Gasteiger partial charge on any atom is -0.481 e. The Labute approximate surface area is 105 Å². The van der Waals surface area contributed by atoms with Crippen LogP contribution in [0.4, 0.5) is 5.82 Å². The summed E-state index contributed by atoms with van der Waals surface area (Å²) in [7, 11) is 0. The van der Waals surface area contributed by atoms with E-state index in [0.29, 0.717) is 24.8 Å². The Hall–Kier alpha value is -1.85. The van der Waals surface area contributed by atoms with Crippen molar-refractivity contribution in [1.82, 2.24) is 9.97 Å². The normalized spacial score (nSPS) is 16.1. The number of hydrogen-bond acceptors (Lipinski definition) is 5. The number of carboxylic acid groups (broad SMARTS) is 1. The first-order chi connectivity index (χ1) is 8.66. The number of carbonyl (C=O) groups is 1. The zero-order chi connectivity index (χ0) is 13.0. The van der Waals surface area contributed by atoms with Crippen molar-refractivity contribution in [3.63, 3.8) is 0 Å². The number of aromatic nitrogens is 2. The standard InChI is InChI=1S/C12H17N3O3/c1-2-5-18-10-7-13-6-9(15-10)14-8-12(3-4-12)11(16)17/h6-7H,2-5,8H2,1H3,(H,14,15)(H,16,17). The third-order valence-corrected chi connectivity index (χ3v) is 2.98. The molecule has 6 heteroatoms. The molecule has 2 rings (SSSR count). The average molecular weight is 251 g/mol. The molecular weight excluding hydrogens is 234 g/mol. The highest BCUT2D eigenvalue weighted by Gasteiger charge is 2.50. The molecule has 0 unspecified atom stereocenters. The SMILES string of the molecule is CCCOc1cncc(NCC2(C(=O)O)CC2)n1. The molecule has 0 aromatic carbocycles. The lowest BCUT2D eigenvalue weighted by molar-refractivity contribution is -0.142. The molecule has 0 aliphatic heterocycles. The predicted octanol–water partition coefficient (Wildman–Crippen LogP) is 1.54. The van der Waals surface area contributed by atoms with Crippen molar-refractivity contribution in [2.24, 2.45) is 5.41 Å². The Kier molecular flexibility index (Phi) is 3.64. The van der Waals surface area contributed by atoms with E-state index in [2.05, 4.69) is 15.3 Å². The van der Waals surface area contributed by atoms with Crippen molar-refractivity contribution in [2.45, 2.75) is 26.2 Å². The van der Waals surface area contributed by atoms with Gasteiger partial charge in [0.15, 0.2) is 0 Å². The van der Waals surface area contributed by atoms with Crippen LogP contribution < -0.4 is 10.1 Å². The summed E-state index contributed by atoms with van der Waals surface area (Å²) in [4.78, 5) is 19.2. The molecule has 18 heavy (non-hydrogen) atoms. The molecule has 98 valence electrons. The summed E-state index contributed by atoms with van der Waals surface area (Å²) in [6.07, 6.45) is 5.45. The summed E-state index contributed by atoms with van der Waals surface area (Å²) in [6.45, 7) is 2.99. The van der Waals surface area contributed by atoms with E-state index in [4.69, 9.17) is 9.84 Å². The zero-order valence-electron chi connectivity index (χ0n) is 10.3. The van der Waals surface area contributed by atoms with Crippen LogP contribution in [-0.4, -0.2) is 34.2 Å². The molecule has 1 saturated carbocycles. The van der Waals surface area contributed by atoms with Crippen molar-refractivity contribution in [1.29, 1.82) is 0 Å². The van der Waals surface area contributed by atoms with E-state index in [-0.39, 0.29) is 0 Å². The quantitative estimate of drug-likeness (QED) is 0.764. The second-order valence-corrected chi connectivity index (χ2v) is 4.53. The summed E-state index contributed by atoms with van der Waals surface area (Å²) in [5.41, 5.74) is -0.609. The maximum absolute atomic E-state index is 11.0. The molecule has 1 fully saturated rings. The van der Waals surface area contributed by atoms with E-state index >= 15 is 0 Å². The number of nitrogens with one attached hydrogen (secondary N) is 1. The maximum atomic E-state index is 11.0. The van der Waals surface area contributed by atoms with Crippen LogP contribution in [0.3, 0.4) is 0 Å². The van der Waals surface area contributed by atoms with Gasteiger partial charge in [0, 0.05) is 6.54 Å². The number of hydrogen-bond donors (Lipinski definition) is 2. The van der Waals surface area contributed by atoms with Gasteiger partial charge in [-0.25, -0.2) is 0 Å². The topological polar surface area (TPSA) is 84.3 Å². The van der Waals surface area contributed by atoms with Gasteiger partial charge in [-0.3, -0.25) is 9.78 Å². The molecule has 1 aromatic rings. The maximum Gasteiger partial charge on any atom is 0.311 e. The third-order valence-electron chi connectivity index (χ3n) is 2.98. The van der Waals surface area contributed by atoms with E-state index in [1.54, 1.807) is 12.4 Å². The van der Waals surface area contributed by atoms with Gasteiger partial charge in [-0.05, 0) is 19.3 Å². The van der Waals surface area contributed by atoms with Crippen LogP contribution in [0.2, 0.25) is 0 Å². The molecule has 1 aromatic heterocycles. The lowest BCUT2D eigenvalue weighted by atomic mass is 10.1. The molecule has 0 amide bonds. The van der Waals surface area contributed by atoms with Crippen molar-refractivity contribution in [3.8, 4) is 5.88 Å². The largest absolute Gasteiger partial charge is 0.481 e. The van der Waals surface area contributed by atoms with E-state index in [1.807, 2.05) is 6.92 Å². The second kappa shape index (κ2) is 5.20. The van der Waals surface area contributed by atoms with Crippen LogP contribution in [0.1, 0.15) is 26.2 Å². The molecule has 0 bridgehead atoms. The molecule has 0 atom stereocenters. The van der Waals surface area contributed by atoms with Gasteiger partial charge in [0.2, 0.25) is 5.88 Å². The fourth-order valence-electron chi connectivity index (χ4n) is 1.59. The summed E-state index contributed by atoms with van der Waals surface area (Å²) in [6, 6.07) is 0. The van der Waals surface area contributed by atoms with Crippen LogP contribution in [0.25, 0.3) is 0 Å². The molecule has 2 N–H and O–H groups in total. The van der Waals surface area contributed by atoms with Crippen LogP contribution in [0.5, 0.6) is 5.88 Å². The predicted molar refractivity (Wildman–Crippen MR) is 65.6 cm³/mol. The summed E-state index contributed by atoms with van der Waals surface area (Å²) in [5, 5.41) is 12.1. The molecule has 0 saturated heterocycles. The summed E-state index contributed by atoms with van der Waals surface area (Å²) in [5.74, 6) is 0.263. The van der Waals surface area contributed by atoms with Gasteiger partial charge in [0.1, 0.15) is 5.82 Å². The Morgan fingerprint density at radius 1 is 1.56 bits per heavy atom. The smallest absolute Gasteiger partial charge is 0.311 e. The minimum absolute atomic E-state index is 0.383. The highest BCUT2D eigenvalue weighted by Crippen LogP contribution is 2.45. The monoisotopic (exact) mass is 251 g/mol. The van der Waals surface area contributed by atoms with E-state index in [9.17, 15) is 4.79 Å². The third kappa shape index (κ3) is 2.88. The molecule has 1 aliphatic rings. The van der Waals surface area contributed by atoms with Gasteiger partial charge in [0.25, 0.3) is 0 Å². The van der Waals surface area contributed by atoms with Crippen molar-refractivity contribution >= 4 is 11.8 Å². The molecular formula is C12H17N3O3. The van der Waals surface area contributed by atoms with Crippen molar-refractivity contribution in [2.75, 3.05) is 18.5 Å². The van der Waals surface area contributed by atoms with E-state index in [1.165, 1.54) is 0 Å². The second-order valence-electron chi connectivity index (χ2n) is 4.53. The lowest BCUT2D eigenvalue weighted by Crippen LogP contribution is -2.24. The highest BCUT2D eigenvalue weighted by atomic mass is 16.5. The zero-order valence-corrected chi connectivity index (χ0v) is 10.3. The van der Waals surface area contributed by atoms with Crippen LogP contribution in [0, 0.1) is 5.41 Å². The lowest BCUT2D eigenvalue weighted by Gasteiger charge is -2.12. The van der Waals surface area contributed by atoms with Crippen molar-refractivity contribution < 1.29 is 14.6 Å². The first kappa shape index (κ1) is 12.6. The molecule has 0 spiro atoms. The molecule has 6 nitrogen and oxygen atoms in total. The molecule has 0 radical (unpaired) electrons. The van der Waals surface area contributed by atoms with E-state index < -0.39 is 11.4 Å². The number of anilines is 1. The van der Waals surface area contributed by atoms with Gasteiger partial charge in [-0.1, -0.05) is 6.92 Å². The van der Waals surface area contributed by atoms with Gasteiger partial charge in [-0.2, -0.15) is 4.98 Å². The summed E-state index contributed by atoms with van der Waals surface area (Å²) < 4.78 is 5.36. The fourth-order valence-corrected chi connectivity index (χ4v) is 1.59. The number of ether oxygens (including phenoxy) is 1. The van der Waals surface area contributed by atoms with Gasteiger partial charge in [-0.15, -0.1) is 0 Å². The highest BCUT2D eigenvalue weighted by molar-refractivity contribution is 5.78. The van der Waals surface area contributed by atoms with Crippen LogP contribution >= 0.6 is 0 Å². The minimum atomic E-state index is -0.749. The first-order valence-electron chi connectivity index (χ1n) is 6.08. The fraction of sp³-hybridized carbons (Fsp3) is 0.583. The Bertz CT molecular complexity index is 432. The van der Waals surface area contributed by atoms with Crippen LogP contribution in [0.15, 0.2) is 12.4 Å². The number of aliphatic carboxylic acids is 1. The molecule has 1 heterocycles. The Balaban J connectivity index is 1.91. The number of nitrogens with zero attached hydrogens (tertiary/aromatic N) is 2. The number of rotatable bonds is 7. The first-order valence-corrected chi connectivity index (χ1v) is 6.08. The van der Waals surface area contributed by atoms with Gasteiger partial charge >= 0.3 is 5.97 Å². The Morgan fingerprint density at radius 3 is 2.94 bits per heavy atom. The average Bonchev–Trinajstić information content (AvgIpc) is 3.16. The summed E-state index contributed by atoms with van der Waals surface area (Å²) >= 11 is 0. The number of carboxylic acids is 1. The van der Waals surface area contributed by atoms with Gasteiger partial charge in [0.05, 0.1) is 24.4 Å². The Morgan fingerprint density at radius 2 is 2.33 bits per heavy atom. The van der Waals surface area contributed by atoms with Crippen LogP contribution in [-0.2, 0) is 4.79 Å². The molecule has 1 aliphatic carbocycles. The van der Waals surface area contributed by atoms with Crippen molar-refractivity contribution in [3.05, 3.63) is 12.4 Å². The van der Waals surface area contributed by atoms with Gasteiger partial charge < -0.3 is 15.2 Å².